The molecular weight excluding hydrogens is 222 g/mol. The van der Waals surface area contributed by atoms with Crippen LogP contribution < -0.4 is 5.32 Å². The lowest BCUT2D eigenvalue weighted by molar-refractivity contribution is -0.203. The minimum atomic E-state index is 0.191. The third kappa shape index (κ3) is 2.34. The van der Waals surface area contributed by atoms with Crippen molar-refractivity contribution < 1.29 is 4.74 Å². The Kier molecular flexibility index (Phi) is 3.44. The van der Waals surface area contributed by atoms with Crippen LogP contribution >= 0.6 is 0 Å². The topological polar surface area (TPSA) is 21.3 Å². The Bertz CT molecular complexity index is 283. The van der Waals surface area contributed by atoms with Gasteiger partial charge in [0, 0.05) is 12.6 Å². The zero-order chi connectivity index (χ0) is 12.6. The van der Waals surface area contributed by atoms with Gasteiger partial charge in [0.25, 0.3) is 0 Å². The zero-order valence-corrected chi connectivity index (χ0v) is 12.1. The summed E-state index contributed by atoms with van der Waals surface area (Å²) in [5, 5.41) is 3.82. The van der Waals surface area contributed by atoms with Crippen LogP contribution in [-0.4, -0.2) is 24.8 Å². The van der Waals surface area contributed by atoms with Crippen molar-refractivity contribution in [1.82, 2.24) is 5.32 Å². The van der Waals surface area contributed by atoms with Crippen molar-refractivity contribution >= 4 is 0 Å². The van der Waals surface area contributed by atoms with Crippen LogP contribution in [0.1, 0.15) is 65.2 Å². The first-order valence-corrected chi connectivity index (χ1v) is 7.99. The van der Waals surface area contributed by atoms with E-state index in [0.29, 0.717) is 11.5 Å². The third-order valence-electron chi connectivity index (χ3n) is 5.35. The van der Waals surface area contributed by atoms with Crippen LogP contribution in [0.3, 0.4) is 0 Å². The summed E-state index contributed by atoms with van der Waals surface area (Å²) in [5.74, 6) is 0.865. The van der Waals surface area contributed by atoms with Gasteiger partial charge in [-0.2, -0.15) is 0 Å². The first-order valence-electron chi connectivity index (χ1n) is 7.99. The Balaban J connectivity index is 1.71. The van der Waals surface area contributed by atoms with E-state index in [1.54, 1.807) is 0 Å². The number of hydrogen-bond acceptors (Lipinski definition) is 2. The lowest BCUT2D eigenvalue weighted by Crippen LogP contribution is -2.68. The minimum absolute atomic E-state index is 0.191. The maximum absolute atomic E-state index is 6.28. The van der Waals surface area contributed by atoms with Gasteiger partial charge in [-0.05, 0) is 37.0 Å². The summed E-state index contributed by atoms with van der Waals surface area (Å²) < 4.78 is 6.28. The highest BCUT2D eigenvalue weighted by molar-refractivity contribution is 5.10. The van der Waals surface area contributed by atoms with E-state index in [1.165, 1.54) is 51.4 Å². The van der Waals surface area contributed by atoms with Crippen LogP contribution in [0.4, 0.5) is 0 Å². The largest absolute Gasteiger partial charge is 0.372 e. The van der Waals surface area contributed by atoms with Gasteiger partial charge in [0.1, 0.15) is 0 Å². The molecule has 2 saturated carbocycles. The van der Waals surface area contributed by atoms with Crippen molar-refractivity contribution in [2.75, 3.05) is 13.2 Å². The van der Waals surface area contributed by atoms with Crippen LogP contribution in [0.2, 0.25) is 0 Å². The predicted molar refractivity (Wildman–Crippen MR) is 74.7 cm³/mol. The molecule has 1 saturated heterocycles. The van der Waals surface area contributed by atoms with Crippen LogP contribution in [0.25, 0.3) is 0 Å². The molecule has 3 rings (SSSR count). The normalized spacial score (nSPS) is 36.0. The SMILES string of the molecule is CC1(C)CC2(C1)OCCNC2C1CCCCCC1. The number of morpholine rings is 1. The van der Waals surface area contributed by atoms with Crippen molar-refractivity contribution in [3.05, 3.63) is 0 Å². The molecule has 0 radical (unpaired) electrons. The first kappa shape index (κ1) is 12.9. The van der Waals surface area contributed by atoms with Gasteiger partial charge in [0.15, 0.2) is 0 Å². The third-order valence-corrected chi connectivity index (χ3v) is 5.35. The Labute approximate surface area is 112 Å². The molecule has 2 heteroatoms. The monoisotopic (exact) mass is 251 g/mol. The fourth-order valence-electron chi connectivity index (χ4n) is 4.88. The lowest BCUT2D eigenvalue weighted by Gasteiger charge is -2.60. The Hall–Kier alpha value is -0.0800. The average molecular weight is 251 g/mol. The maximum Gasteiger partial charge on any atom is 0.0848 e. The van der Waals surface area contributed by atoms with Gasteiger partial charge < -0.3 is 10.1 Å². The standard InChI is InChI=1S/C16H29NO/c1-15(2)11-16(12-15)14(17-9-10-18-16)13-7-5-3-4-6-8-13/h13-14,17H,3-12H2,1-2H3. The molecule has 0 aromatic heterocycles. The van der Waals surface area contributed by atoms with Gasteiger partial charge in [0.2, 0.25) is 0 Å². The fraction of sp³-hybridized carbons (Fsp3) is 1.00. The molecule has 2 aliphatic carbocycles. The molecule has 0 aromatic rings. The summed E-state index contributed by atoms with van der Waals surface area (Å²) in [4.78, 5) is 0. The van der Waals surface area contributed by atoms with Gasteiger partial charge in [0.05, 0.1) is 12.2 Å². The Morgan fingerprint density at radius 1 is 1.00 bits per heavy atom. The molecule has 0 aromatic carbocycles. The second kappa shape index (κ2) is 4.79. The predicted octanol–water partition coefficient (Wildman–Crippen LogP) is 3.50. The van der Waals surface area contributed by atoms with Crippen molar-refractivity contribution in [2.45, 2.75) is 76.9 Å². The van der Waals surface area contributed by atoms with Gasteiger partial charge in [-0.3, -0.25) is 0 Å². The second-order valence-corrected chi connectivity index (χ2v) is 7.61. The number of nitrogens with one attached hydrogen (secondary N) is 1. The number of ether oxygens (including phenoxy) is 1. The van der Waals surface area contributed by atoms with E-state index in [2.05, 4.69) is 19.2 Å². The molecule has 1 heterocycles. The molecule has 1 unspecified atom stereocenters. The zero-order valence-electron chi connectivity index (χ0n) is 12.1. The molecule has 2 nitrogen and oxygen atoms in total. The van der Waals surface area contributed by atoms with E-state index in [9.17, 15) is 0 Å². The molecule has 0 bridgehead atoms. The van der Waals surface area contributed by atoms with Gasteiger partial charge in [-0.25, -0.2) is 0 Å². The van der Waals surface area contributed by atoms with Crippen molar-refractivity contribution in [3.63, 3.8) is 0 Å². The number of rotatable bonds is 1. The molecule has 1 aliphatic heterocycles. The number of hydrogen-bond donors (Lipinski definition) is 1. The van der Waals surface area contributed by atoms with E-state index in [0.717, 1.165) is 19.1 Å². The van der Waals surface area contributed by atoms with Gasteiger partial charge in [-0.1, -0.05) is 39.5 Å². The van der Waals surface area contributed by atoms with Gasteiger partial charge in [-0.15, -0.1) is 0 Å². The first-order chi connectivity index (χ1) is 8.61. The summed E-state index contributed by atoms with van der Waals surface area (Å²) in [6.45, 7) is 6.75. The van der Waals surface area contributed by atoms with Crippen LogP contribution in [0, 0.1) is 11.3 Å². The van der Waals surface area contributed by atoms with Crippen molar-refractivity contribution in [3.8, 4) is 0 Å². The van der Waals surface area contributed by atoms with Crippen LogP contribution in [-0.2, 0) is 4.74 Å². The minimum Gasteiger partial charge on any atom is -0.372 e. The van der Waals surface area contributed by atoms with Crippen molar-refractivity contribution in [1.29, 1.82) is 0 Å². The lowest BCUT2D eigenvalue weighted by atomic mass is 9.56. The highest BCUT2D eigenvalue weighted by Gasteiger charge is 2.57. The summed E-state index contributed by atoms with van der Waals surface area (Å²) in [6.07, 6.45) is 11.1. The second-order valence-electron chi connectivity index (χ2n) is 7.61. The molecule has 18 heavy (non-hydrogen) atoms. The molecule has 1 spiro atoms. The fourth-order valence-corrected chi connectivity index (χ4v) is 4.88. The summed E-state index contributed by atoms with van der Waals surface area (Å²) in [6, 6.07) is 0.636. The average Bonchev–Trinajstić information content (AvgIpc) is 2.55. The van der Waals surface area contributed by atoms with E-state index >= 15 is 0 Å². The molecule has 3 fully saturated rings. The quantitative estimate of drug-likeness (QED) is 0.720. The van der Waals surface area contributed by atoms with Crippen LogP contribution in [0.5, 0.6) is 0 Å². The maximum atomic E-state index is 6.28. The van der Waals surface area contributed by atoms with E-state index in [4.69, 9.17) is 4.74 Å². The smallest absolute Gasteiger partial charge is 0.0848 e. The molecule has 104 valence electrons. The summed E-state index contributed by atoms with van der Waals surface area (Å²) in [5.41, 5.74) is 0.693. The van der Waals surface area contributed by atoms with Crippen molar-refractivity contribution in [2.24, 2.45) is 11.3 Å². The highest BCUT2D eigenvalue weighted by Crippen LogP contribution is 2.54. The van der Waals surface area contributed by atoms with Gasteiger partial charge >= 0.3 is 0 Å². The molecule has 1 N–H and O–H groups in total. The summed E-state index contributed by atoms with van der Waals surface area (Å²) in [7, 11) is 0. The Morgan fingerprint density at radius 2 is 1.67 bits per heavy atom. The van der Waals surface area contributed by atoms with Crippen LogP contribution in [0.15, 0.2) is 0 Å². The molecule has 3 aliphatic rings. The molecular formula is C16H29NO. The molecule has 0 amide bonds. The highest BCUT2D eigenvalue weighted by atomic mass is 16.5. The van der Waals surface area contributed by atoms with E-state index < -0.39 is 0 Å². The molecule has 1 atom stereocenters. The summed E-state index contributed by atoms with van der Waals surface area (Å²) >= 11 is 0. The van der Waals surface area contributed by atoms with E-state index in [-0.39, 0.29) is 5.60 Å². The van der Waals surface area contributed by atoms with E-state index in [1.807, 2.05) is 0 Å². The Morgan fingerprint density at radius 3 is 2.28 bits per heavy atom.